The van der Waals surface area contributed by atoms with E-state index < -0.39 is 10.0 Å². The molecule has 90 valence electrons. The Morgan fingerprint density at radius 2 is 2.00 bits per heavy atom. The summed E-state index contributed by atoms with van der Waals surface area (Å²) >= 11 is 3.31. The summed E-state index contributed by atoms with van der Waals surface area (Å²) in [5.41, 5.74) is 7.25. The Labute approximate surface area is 105 Å². The van der Waals surface area contributed by atoms with Crippen LogP contribution in [0, 0.1) is 0 Å². The van der Waals surface area contributed by atoms with Gasteiger partial charge in [0.15, 0.2) is 0 Å². The van der Waals surface area contributed by atoms with Crippen LogP contribution in [0.25, 0.3) is 0 Å². The molecule has 0 saturated heterocycles. The van der Waals surface area contributed by atoms with Crippen LogP contribution in [0.4, 0.5) is 5.69 Å². The second-order valence-electron chi connectivity index (χ2n) is 3.70. The Morgan fingerprint density at radius 3 is 2.50 bits per heavy atom. The predicted octanol–water partition coefficient (Wildman–Crippen LogP) is 1.47. The van der Waals surface area contributed by atoms with Crippen molar-refractivity contribution in [3.8, 4) is 0 Å². The molecule has 0 spiro atoms. The van der Waals surface area contributed by atoms with Crippen molar-refractivity contribution >= 4 is 31.6 Å². The van der Waals surface area contributed by atoms with E-state index in [1.54, 1.807) is 6.07 Å². The van der Waals surface area contributed by atoms with E-state index in [4.69, 9.17) is 5.73 Å². The molecule has 0 aromatic heterocycles. The highest BCUT2D eigenvalue weighted by Gasteiger charge is 2.13. The van der Waals surface area contributed by atoms with Gasteiger partial charge in [-0.25, -0.2) is 12.7 Å². The minimum absolute atomic E-state index is 0.107. The van der Waals surface area contributed by atoms with Crippen LogP contribution in [-0.2, 0) is 16.4 Å². The van der Waals surface area contributed by atoms with E-state index >= 15 is 0 Å². The van der Waals surface area contributed by atoms with Gasteiger partial charge < -0.3 is 5.73 Å². The van der Waals surface area contributed by atoms with Gasteiger partial charge in [0.05, 0.1) is 5.75 Å². The maximum Gasteiger partial charge on any atom is 0.213 e. The van der Waals surface area contributed by atoms with Crippen LogP contribution < -0.4 is 5.73 Å². The van der Waals surface area contributed by atoms with Crippen LogP contribution in [0.3, 0.4) is 0 Å². The van der Waals surface area contributed by atoms with Crippen molar-refractivity contribution in [1.82, 2.24) is 4.31 Å². The minimum atomic E-state index is -3.13. The molecule has 16 heavy (non-hydrogen) atoms. The van der Waals surface area contributed by atoms with E-state index in [2.05, 4.69) is 15.9 Å². The van der Waals surface area contributed by atoms with E-state index in [-0.39, 0.29) is 5.75 Å². The Morgan fingerprint density at radius 1 is 1.38 bits per heavy atom. The molecule has 0 fully saturated rings. The van der Waals surface area contributed by atoms with Crippen molar-refractivity contribution in [2.75, 3.05) is 25.6 Å². The van der Waals surface area contributed by atoms with E-state index in [0.29, 0.717) is 12.1 Å². The molecule has 0 aliphatic rings. The zero-order valence-corrected chi connectivity index (χ0v) is 11.7. The third-order valence-electron chi connectivity index (χ3n) is 2.27. The monoisotopic (exact) mass is 306 g/mol. The number of benzene rings is 1. The molecule has 0 radical (unpaired) electrons. The molecule has 1 aromatic rings. The standard InChI is InChI=1S/C10H15BrN2O2S/c1-13(2)16(14,15)6-5-8-3-4-10(12)9(11)7-8/h3-4,7H,5-6,12H2,1-2H3. The molecule has 4 nitrogen and oxygen atoms in total. The van der Waals surface area contributed by atoms with Gasteiger partial charge in [-0.3, -0.25) is 0 Å². The second-order valence-corrected chi connectivity index (χ2v) is 6.86. The lowest BCUT2D eigenvalue weighted by Gasteiger charge is -2.11. The van der Waals surface area contributed by atoms with Crippen LogP contribution in [-0.4, -0.2) is 32.6 Å². The quantitative estimate of drug-likeness (QED) is 0.857. The molecule has 0 aliphatic heterocycles. The number of nitrogens with two attached hydrogens (primary N) is 1. The largest absolute Gasteiger partial charge is 0.398 e. The zero-order valence-electron chi connectivity index (χ0n) is 9.27. The number of sulfonamides is 1. The van der Waals surface area contributed by atoms with Crippen LogP contribution in [0.1, 0.15) is 5.56 Å². The van der Waals surface area contributed by atoms with Crippen molar-refractivity contribution in [1.29, 1.82) is 0 Å². The number of nitrogen functional groups attached to an aromatic ring is 1. The molecule has 6 heteroatoms. The van der Waals surface area contributed by atoms with Gasteiger partial charge in [-0.2, -0.15) is 0 Å². The molecule has 0 bridgehead atoms. The number of hydrogen-bond acceptors (Lipinski definition) is 3. The third kappa shape index (κ3) is 3.47. The summed E-state index contributed by atoms with van der Waals surface area (Å²) in [6.07, 6.45) is 0.486. The Bertz CT molecular complexity index is 472. The van der Waals surface area contributed by atoms with Gasteiger partial charge in [-0.1, -0.05) is 6.07 Å². The maximum atomic E-state index is 11.5. The Hall–Kier alpha value is -0.590. The molecule has 0 amide bonds. The third-order valence-corrected chi connectivity index (χ3v) is 4.79. The van der Waals surface area contributed by atoms with Gasteiger partial charge in [0.25, 0.3) is 0 Å². The van der Waals surface area contributed by atoms with Gasteiger partial charge in [-0.15, -0.1) is 0 Å². The van der Waals surface area contributed by atoms with Crippen molar-refractivity contribution < 1.29 is 8.42 Å². The van der Waals surface area contributed by atoms with Crippen molar-refractivity contribution in [3.63, 3.8) is 0 Å². The number of anilines is 1. The van der Waals surface area contributed by atoms with E-state index in [9.17, 15) is 8.42 Å². The lowest BCUT2D eigenvalue weighted by atomic mass is 10.1. The molecule has 2 N–H and O–H groups in total. The predicted molar refractivity (Wildman–Crippen MR) is 69.7 cm³/mol. The van der Waals surface area contributed by atoms with E-state index in [1.807, 2.05) is 12.1 Å². The first-order chi connectivity index (χ1) is 7.33. The molecule has 0 atom stereocenters. The topological polar surface area (TPSA) is 63.4 Å². The molecule has 0 heterocycles. The average Bonchev–Trinajstić information content (AvgIpc) is 2.20. The summed E-state index contributed by atoms with van der Waals surface area (Å²) in [4.78, 5) is 0. The Kier molecular flexibility index (Phi) is 4.35. The van der Waals surface area contributed by atoms with Gasteiger partial charge in [0.2, 0.25) is 10.0 Å². The summed E-state index contributed by atoms with van der Waals surface area (Å²) in [5.74, 6) is 0.107. The fourth-order valence-electron chi connectivity index (χ4n) is 1.16. The summed E-state index contributed by atoms with van der Waals surface area (Å²) in [6.45, 7) is 0. The molecular formula is C10H15BrN2O2S. The molecule has 0 unspecified atom stereocenters. The number of halogens is 1. The van der Waals surface area contributed by atoms with E-state index in [0.717, 1.165) is 10.0 Å². The smallest absolute Gasteiger partial charge is 0.213 e. The van der Waals surface area contributed by atoms with Crippen LogP contribution in [0.2, 0.25) is 0 Å². The van der Waals surface area contributed by atoms with Crippen molar-refractivity contribution in [3.05, 3.63) is 28.2 Å². The summed E-state index contributed by atoms with van der Waals surface area (Å²) in [6, 6.07) is 5.45. The highest BCUT2D eigenvalue weighted by Crippen LogP contribution is 2.20. The highest BCUT2D eigenvalue weighted by molar-refractivity contribution is 9.10. The van der Waals surface area contributed by atoms with Gasteiger partial charge in [0.1, 0.15) is 0 Å². The van der Waals surface area contributed by atoms with Gasteiger partial charge >= 0.3 is 0 Å². The SMILES string of the molecule is CN(C)S(=O)(=O)CCc1ccc(N)c(Br)c1. The fourth-order valence-corrected chi connectivity index (χ4v) is 2.44. The first-order valence-electron chi connectivity index (χ1n) is 4.77. The first-order valence-corrected chi connectivity index (χ1v) is 7.17. The van der Waals surface area contributed by atoms with Crippen molar-refractivity contribution in [2.24, 2.45) is 0 Å². The minimum Gasteiger partial charge on any atom is -0.398 e. The normalized spacial score (nSPS) is 12.0. The lowest BCUT2D eigenvalue weighted by Crippen LogP contribution is -2.26. The fraction of sp³-hybridized carbons (Fsp3) is 0.400. The number of hydrogen-bond donors (Lipinski definition) is 1. The number of aryl methyl sites for hydroxylation is 1. The summed E-state index contributed by atoms with van der Waals surface area (Å²) in [7, 11) is -0.0607. The van der Waals surface area contributed by atoms with Crippen molar-refractivity contribution in [2.45, 2.75) is 6.42 Å². The second kappa shape index (κ2) is 5.16. The number of nitrogens with zero attached hydrogens (tertiary/aromatic N) is 1. The lowest BCUT2D eigenvalue weighted by molar-refractivity contribution is 0.520. The van der Waals surface area contributed by atoms with Crippen LogP contribution in [0.5, 0.6) is 0 Å². The molecule has 1 aromatic carbocycles. The zero-order chi connectivity index (χ0) is 12.3. The molecular weight excluding hydrogens is 292 g/mol. The summed E-state index contributed by atoms with van der Waals surface area (Å²) in [5, 5.41) is 0. The average molecular weight is 307 g/mol. The number of rotatable bonds is 4. The van der Waals surface area contributed by atoms with Crippen LogP contribution in [0.15, 0.2) is 22.7 Å². The molecule has 1 rings (SSSR count). The van der Waals surface area contributed by atoms with Crippen LogP contribution >= 0.6 is 15.9 Å². The van der Waals surface area contributed by atoms with Gasteiger partial charge in [0, 0.05) is 24.3 Å². The first kappa shape index (κ1) is 13.5. The van der Waals surface area contributed by atoms with Gasteiger partial charge in [-0.05, 0) is 40.0 Å². The molecule has 0 saturated carbocycles. The van der Waals surface area contributed by atoms with E-state index in [1.165, 1.54) is 18.4 Å². The Balaban J connectivity index is 2.73. The summed E-state index contributed by atoms with van der Waals surface area (Å²) < 4.78 is 25.1. The molecule has 0 aliphatic carbocycles. The maximum absolute atomic E-state index is 11.5. The highest BCUT2D eigenvalue weighted by atomic mass is 79.9.